The first-order chi connectivity index (χ1) is 12.7. The number of rotatable bonds is 5. The second kappa shape index (κ2) is 6.48. The standard InChI is InChI=1S/C19H15N3O4/c1-24-19(23)12-4-5-14-17(6-12)26-18(22-14)10-25-16-7-15(11-2-3-11)21-9-13(16)8-20/h4-7,9,11H,2-3,10H2,1H3. The fourth-order valence-corrected chi connectivity index (χ4v) is 2.68. The van der Waals surface area contributed by atoms with Crippen molar-refractivity contribution < 1.29 is 18.7 Å². The number of ether oxygens (including phenoxy) is 2. The molecule has 0 spiro atoms. The van der Waals surface area contributed by atoms with E-state index in [1.807, 2.05) is 6.07 Å². The molecule has 0 N–H and O–H groups in total. The lowest BCUT2D eigenvalue weighted by Crippen LogP contribution is -2.00. The van der Waals surface area contributed by atoms with Gasteiger partial charge in [0.05, 0.1) is 12.7 Å². The minimum atomic E-state index is -0.441. The summed E-state index contributed by atoms with van der Waals surface area (Å²) in [5, 5.41) is 9.23. The molecule has 0 atom stereocenters. The Morgan fingerprint density at radius 1 is 1.38 bits per heavy atom. The van der Waals surface area contributed by atoms with E-state index in [-0.39, 0.29) is 6.61 Å². The lowest BCUT2D eigenvalue weighted by molar-refractivity contribution is 0.0600. The van der Waals surface area contributed by atoms with E-state index in [4.69, 9.17) is 13.9 Å². The molecule has 0 bridgehead atoms. The van der Waals surface area contributed by atoms with Crippen molar-refractivity contribution in [2.24, 2.45) is 0 Å². The average molecular weight is 349 g/mol. The highest BCUT2D eigenvalue weighted by Gasteiger charge is 2.26. The van der Waals surface area contributed by atoms with Crippen LogP contribution in [0, 0.1) is 11.3 Å². The number of nitrogens with zero attached hydrogens (tertiary/aromatic N) is 3. The van der Waals surface area contributed by atoms with Crippen molar-refractivity contribution >= 4 is 17.1 Å². The number of hydrogen-bond donors (Lipinski definition) is 0. The van der Waals surface area contributed by atoms with Crippen LogP contribution in [-0.4, -0.2) is 23.0 Å². The van der Waals surface area contributed by atoms with Crippen molar-refractivity contribution in [2.75, 3.05) is 7.11 Å². The van der Waals surface area contributed by atoms with Gasteiger partial charge in [0.15, 0.2) is 12.2 Å². The molecule has 1 saturated carbocycles. The first kappa shape index (κ1) is 16.1. The Kier molecular flexibility index (Phi) is 4.01. The fraction of sp³-hybridized carbons (Fsp3) is 0.263. The Balaban J connectivity index is 1.55. The number of esters is 1. The lowest BCUT2D eigenvalue weighted by atomic mass is 10.2. The molecule has 2 aromatic heterocycles. The molecule has 0 saturated heterocycles. The SMILES string of the molecule is COC(=O)c1ccc2nc(COc3cc(C4CC4)ncc3C#N)oc2c1. The van der Waals surface area contributed by atoms with Crippen molar-refractivity contribution in [2.45, 2.75) is 25.4 Å². The Labute approximate surface area is 149 Å². The number of pyridine rings is 1. The second-order valence-corrected chi connectivity index (χ2v) is 6.06. The largest absolute Gasteiger partial charge is 0.482 e. The molecule has 4 rings (SSSR count). The molecule has 0 radical (unpaired) electrons. The van der Waals surface area contributed by atoms with Crippen LogP contribution in [0.5, 0.6) is 5.75 Å². The van der Waals surface area contributed by atoms with Crippen LogP contribution < -0.4 is 4.74 Å². The zero-order chi connectivity index (χ0) is 18.1. The van der Waals surface area contributed by atoms with E-state index in [0.717, 1.165) is 18.5 Å². The third-order valence-electron chi connectivity index (χ3n) is 4.21. The lowest BCUT2D eigenvalue weighted by Gasteiger charge is -2.07. The van der Waals surface area contributed by atoms with E-state index in [2.05, 4.69) is 16.0 Å². The van der Waals surface area contributed by atoms with Crippen LogP contribution in [0.15, 0.2) is 34.9 Å². The molecule has 0 unspecified atom stereocenters. The molecule has 1 aliphatic rings. The van der Waals surface area contributed by atoms with Gasteiger partial charge >= 0.3 is 5.97 Å². The van der Waals surface area contributed by atoms with Crippen LogP contribution in [0.3, 0.4) is 0 Å². The summed E-state index contributed by atoms with van der Waals surface area (Å²) in [7, 11) is 1.32. The second-order valence-electron chi connectivity index (χ2n) is 6.06. The Hall–Kier alpha value is -3.40. The van der Waals surface area contributed by atoms with Crippen LogP contribution in [0.2, 0.25) is 0 Å². The third-order valence-corrected chi connectivity index (χ3v) is 4.21. The summed E-state index contributed by atoms with van der Waals surface area (Å²) >= 11 is 0. The Morgan fingerprint density at radius 3 is 2.96 bits per heavy atom. The molecule has 0 amide bonds. The van der Waals surface area contributed by atoms with Gasteiger partial charge in [-0.25, -0.2) is 9.78 Å². The third kappa shape index (κ3) is 3.09. The summed E-state index contributed by atoms with van der Waals surface area (Å²) in [5.74, 6) is 0.855. The minimum Gasteiger partial charge on any atom is -0.482 e. The van der Waals surface area contributed by atoms with Gasteiger partial charge < -0.3 is 13.9 Å². The number of nitriles is 1. The number of carbonyl (C=O) groups excluding carboxylic acids is 1. The van der Waals surface area contributed by atoms with Crippen molar-refractivity contribution in [3.05, 3.63) is 53.2 Å². The monoisotopic (exact) mass is 349 g/mol. The maximum Gasteiger partial charge on any atom is 0.337 e. The Bertz CT molecular complexity index is 1030. The number of aromatic nitrogens is 2. The molecule has 3 aromatic rings. The molecule has 7 heteroatoms. The molecular formula is C19H15N3O4. The number of methoxy groups -OCH3 is 1. The number of fused-ring (bicyclic) bond motifs is 1. The number of carbonyl (C=O) groups is 1. The quantitative estimate of drug-likeness (QED) is 0.651. The van der Waals surface area contributed by atoms with Crippen molar-refractivity contribution in [3.63, 3.8) is 0 Å². The van der Waals surface area contributed by atoms with Gasteiger partial charge in [0.25, 0.3) is 0 Å². The molecule has 1 fully saturated rings. The highest BCUT2D eigenvalue weighted by molar-refractivity contribution is 5.93. The summed E-state index contributed by atoms with van der Waals surface area (Å²) in [5.41, 5.74) is 2.79. The van der Waals surface area contributed by atoms with Gasteiger partial charge in [0.2, 0.25) is 5.89 Å². The van der Waals surface area contributed by atoms with Gasteiger partial charge in [-0.2, -0.15) is 5.26 Å². The van der Waals surface area contributed by atoms with E-state index in [9.17, 15) is 10.1 Å². The maximum absolute atomic E-state index is 11.6. The summed E-state index contributed by atoms with van der Waals surface area (Å²) in [6, 6.07) is 8.79. The van der Waals surface area contributed by atoms with E-state index in [1.54, 1.807) is 18.2 Å². The fourth-order valence-electron chi connectivity index (χ4n) is 2.68. The zero-order valence-corrected chi connectivity index (χ0v) is 14.1. The van der Waals surface area contributed by atoms with Crippen LogP contribution >= 0.6 is 0 Å². The van der Waals surface area contributed by atoms with Gasteiger partial charge in [0, 0.05) is 23.9 Å². The van der Waals surface area contributed by atoms with E-state index < -0.39 is 5.97 Å². The summed E-state index contributed by atoms with van der Waals surface area (Å²) in [6.45, 7) is 0.0744. The van der Waals surface area contributed by atoms with Gasteiger partial charge in [-0.15, -0.1) is 0 Å². The van der Waals surface area contributed by atoms with Crippen LogP contribution in [0.1, 0.15) is 46.3 Å². The highest BCUT2D eigenvalue weighted by Crippen LogP contribution is 2.40. The first-order valence-electron chi connectivity index (χ1n) is 8.18. The molecule has 1 aromatic carbocycles. The molecule has 26 heavy (non-hydrogen) atoms. The highest BCUT2D eigenvalue weighted by atomic mass is 16.5. The average Bonchev–Trinajstić information content (AvgIpc) is 3.44. The van der Waals surface area contributed by atoms with Gasteiger partial charge in [-0.3, -0.25) is 4.98 Å². The van der Waals surface area contributed by atoms with Crippen LogP contribution in [-0.2, 0) is 11.3 Å². The summed E-state index contributed by atoms with van der Waals surface area (Å²) in [6.07, 6.45) is 3.77. The van der Waals surface area contributed by atoms with Gasteiger partial charge in [0.1, 0.15) is 22.9 Å². The minimum absolute atomic E-state index is 0.0744. The van der Waals surface area contributed by atoms with Crippen LogP contribution in [0.4, 0.5) is 0 Å². The van der Waals surface area contributed by atoms with Crippen molar-refractivity contribution in [1.82, 2.24) is 9.97 Å². The van der Waals surface area contributed by atoms with Gasteiger partial charge in [-0.05, 0) is 31.0 Å². The molecule has 2 heterocycles. The number of oxazole rings is 1. The normalized spacial score (nSPS) is 13.4. The first-order valence-corrected chi connectivity index (χ1v) is 8.18. The molecule has 7 nitrogen and oxygen atoms in total. The van der Waals surface area contributed by atoms with E-state index in [1.165, 1.54) is 13.3 Å². The van der Waals surface area contributed by atoms with Crippen molar-refractivity contribution in [1.29, 1.82) is 5.26 Å². The summed E-state index contributed by atoms with van der Waals surface area (Å²) < 4.78 is 16.1. The molecule has 130 valence electrons. The summed E-state index contributed by atoms with van der Waals surface area (Å²) in [4.78, 5) is 20.2. The van der Waals surface area contributed by atoms with E-state index >= 15 is 0 Å². The molecular weight excluding hydrogens is 334 g/mol. The number of hydrogen-bond acceptors (Lipinski definition) is 7. The topological polar surface area (TPSA) is 98.2 Å². The maximum atomic E-state index is 11.6. The molecule has 1 aliphatic carbocycles. The van der Waals surface area contributed by atoms with Gasteiger partial charge in [-0.1, -0.05) is 0 Å². The predicted molar refractivity (Wildman–Crippen MR) is 90.6 cm³/mol. The van der Waals surface area contributed by atoms with Crippen LogP contribution in [0.25, 0.3) is 11.1 Å². The predicted octanol–water partition coefficient (Wildman–Crippen LogP) is 3.34. The Morgan fingerprint density at radius 2 is 2.23 bits per heavy atom. The van der Waals surface area contributed by atoms with E-state index in [0.29, 0.717) is 39.8 Å². The smallest absolute Gasteiger partial charge is 0.337 e. The van der Waals surface area contributed by atoms with Crippen molar-refractivity contribution in [3.8, 4) is 11.8 Å². The molecule has 0 aliphatic heterocycles. The zero-order valence-electron chi connectivity index (χ0n) is 14.1. The number of benzene rings is 1.